The fourth-order valence-corrected chi connectivity index (χ4v) is 8.30. The highest BCUT2D eigenvalue weighted by molar-refractivity contribution is 6.10. The normalized spacial score (nSPS) is 16.4. The molecule has 1 aliphatic carbocycles. The summed E-state index contributed by atoms with van der Waals surface area (Å²) in [6, 6.07) is 63.5. The highest BCUT2D eigenvalue weighted by atomic mass is 14.9. The maximum absolute atomic E-state index is 5.23. The minimum absolute atomic E-state index is 0.0714. The van der Waals surface area contributed by atoms with Crippen LogP contribution in [-0.2, 0) is 0 Å². The Bertz CT molecular complexity index is 2830. The SMILES string of the molecule is C1=CCC(c2cc(-c3ccccc3)nc3ccc4ccc(-c5ccc(-c6cccc(C7=CC(c8ccccc8)NC(c8ccccc8)=C7)c6)cc5)cc4c23)C=C1. The molecule has 1 aromatic heterocycles. The highest BCUT2D eigenvalue weighted by Crippen LogP contribution is 2.39. The molecule has 0 amide bonds. The van der Waals surface area contributed by atoms with E-state index in [0.717, 1.165) is 28.9 Å². The van der Waals surface area contributed by atoms with E-state index in [0.29, 0.717) is 5.92 Å². The van der Waals surface area contributed by atoms with Crippen molar-refractivity contribution in [3.63, 3.8) is 0 Å². The van der Waals surface area contributed by atoms with E-state index >= 15 is 0 Å². The predicted molar refractivity (Wildman–Crippen MR) is 236 cm³/mol. The Kier molecular flexibility index (Phi) is 8.78. The largest absolute Gasteiger partial charge is 0.374 e. The number of dihydropyridines is 1. The van der Waals surface area contributed by atoms with Crippen molar-refractivity contribution in [3.05, 3.63) is 235 Å². The van der Waals surface area contributed by atoms with Crippen LogP contribution < -0.4 is 5.32 Å². The van der Waals surface area contributed by atoms with Gasteiger partial charge in [-0.2, -0.15) is 0 Å². The van der Waals surface area contributed by atoms with Gasteiger partial charge in [0.15, 0.2) is 0 Å². The van der Waals surface area contributed by atoms with E-state index in [1.165, 1.54) is 66.2 Å². The molecule has 266 valence electrons. The molecule has 0 saturated carbocycles. The Hall–Kier alpha value is -7.03. The third kappa shape index (κ3) is 6.56. The minimum Gasteiger partial charge on any atom is -0.374 e. The Morgan fingerprint density at radius 3 is 1.89 bits per heavy atom. The van der Waals surface area contributed by atoms with Crippen molar-refractivity contribution >= 4 is 32.9 Å². The molecule has 2 aliphatic rings. The van der Waals surface area contributed by atoms with E-state index in [4.69, 9.17) is 4.98 Å². The number of hydrogen-bond donors (Lipinski definition) is 1. The van der Waals surface area contributed by atoms with Gasteiger partial charge in [0.05, 0.1) is 17.3 Å². The molecular weight excluding hydrogens is 677 g/mol. The van der Waals surface area contributed by atoms with E-state index in [1.807, 2.05) is 0 Å². The zero-order valence-electron chi connectivity index (χ0n) is 31.0. The van der Waals surface area contributed by atoms with Crippen LogP contribution in [0.15, 0.2) is 212 Å². The third-order valence-electron chi connectivity index (χ3n) is 11.2. The van der Waals surface area contributed by atoms with Crippen LogP contribution in [0.5, 0.6) is 0 Å². The van der Waals surface area contributed by atoms with Gasteiger partial charge in [-0.05, 0) is 104 Å². The first-order chi connectivity index (χ1) is 27.7. The van der Waals surface area contributed by atoms with E-state index < -0.39 is 0 Å². The van der Waals surface area contributed by atoms with Crippen molar-refractivity contribution < 1.29 is 0 Å². The van der Waals surface area contributed by atoms with Crippen molar-refractivity contribution in [2.75, 3.05) is 0 Å². The first-order valence-corrected chi connectivity index (χ1v) is 19.5. The molecule has 56 heavy (non-hydrogen) atoms. The molecule has 0 spiro atoms. The molecule has 2 heteroatoms. The first kappa shape index (κ1) is 33.5. The Morgan fingerprint density at radius 1 is 0.518 bits per heavy atom. The molecule has 0 fully saturated rings. The lowest BCUT2D eigenvalue weighted by Gasteiger charge is -2.26. The molecule has 2 heterocycles. The summed E-state index contributed by atoms with van der Waals surface area (Å²) in [5.41, 5.74) is 15.3. The van der Waals surface area contributed by atoms with Gasteiger partial charge in [0, 0.05) is 22.6 Å². The number of fused-ring (bicyclic) bond motifs is 3. The van der Waals surface area contributed by atoms with E-state index in [1.54, 1.807) is 0 Å². The Balaban J connectivity index is 1.00. The van der Waals surface area contributed by atoms with E-state index in [9.17, 15) is 0 Å². The molecule has 7 aromatic carbocycles. The van der Waals surface area contributed by atoms with Crippen LogP contribution in [0.4, 0.5) is 0 Å². The lowest BCUT2D eigenvalue weighted by molar-refractivity contribution is 0.767. The first-order valence-electron chi connectivity index (χ1n) is 19.5. The average Bonchev–Trinajstić information content (AvgIpc) is 3.29. The summed E-state index contributed by atoms with van der Waals surface area (Å²) in [4.78, 5) is 5.23. The average molecular weight is 717 g/mol. The van der Waals surface area contributed by atoms with Crippen molar-refractivity contribution in [1.82, 2.24) is 10.3 Å². The van der Waals surface area contributed by atoms with Crippen LogP contribution in [0.3, 0.4) is 0 Å². The fourth-order valence-electron chi connectivity index (χ4n) is 8.30. The van der Waals surface area contributed by atoms with Gasteiger partial charge in [-0.3, -0.25) is 0 Å². The fraction of sp³-hybridized carbons (Fsp3) is 0.0556. The lowest BCUT2D eigenvalue weighted by atomic mass is 9.86. The smallest absolute Gasteiger partial charge is 0.0718 e. The number of benzene rings is 7. The maximum Gasteiger partial charge on any atom is 0.0718 e. The molecule has 0 bridgehead atoms. The summed E-state index contributed by atoms with van der Waals surface area (Å²) in [6.45, 7) is 0. The second kappa shape index (κ2) is 14.7. The summed E-state index contributed by atoms with van der Waals surface area (Å²) in [6.07, 6.45) is 14.6. The standard InChI is InChI=1S/C54H40N2/c1-5-14-39(15-6-1)49-36-53(43-20-11-4-12-21-43)55-50-31-30-40-28-29-46(33-48(40)54(49)50)38-26-24-37(25-27-38)44-22-13-23-45(32-44)47-34-51(41-16-7-2-8-17-41)56-52(35-47)42-18-9-3-10-19-42/h1-14,16-36,39,51,56H,15H2. The van der Waals surface area contributed by atoms with Gasteiger partial charge < -0.3 is 5.32 Å². The number of allylic oxidation sites excluding steroid dienone is 6. The van der Waals surface area contributed by atoms with Crippen molar-refractivity contribution in [1.29, 1.82) is 0 Å². The van der Waals surface area contributed by atoms with Crippen LogP contribution in [0.1, 0.15) is 40.6 Å². The Morgan fingerprint density at radius 2 is 1.16 bits per heavy atom. The number of rotatable bonds is 7. The topological polar surface area (TPSA) is 24.9 Å². The number of nitrogens with one attached hydrogen (secondary N) is 1. The second-order valence-electron chi connectivity index (χ2n) is 14.8. The van der Waals surface area contributed by atoms with Gasteiger partial charge in [0.2, 0.25) is 0 Å². The second-order valence-corrected chi connectivity index (χ2v) is 14.8. The van der Waals surface area contributed by atoms with Gasteiger partial charge in [0.1, 0.15) is 0 Å². The van der Waals surface area contributed by atoms with Crippen LogP contribution in [0.25, 0.3) is 66.5 Å². The summed E-state index contributed by atoms with van der Waals surface area (Å²) in [5.74, 6) is 0.294. The molecule has 0 saturated heterocycles. The zero-order valence-corrected chi connectivity index (χ0v) is 31.0. The molecule has 2 unspecified atom stereocenters. The van der Waals surface area contributed by atoms with E-state index in [-0.39, 0.29) is 6.04 Å². The van der Waals surface area contributed by atoms with Crippen LogP contribution >= 0.6 is 0 Å². The van der Waals surface area contributed by atoms with Crippen molar-refractivity contribution in [3.8, 4) is 33.5 Å². The molecule has 0 radical (unpaired) electrons. The zero-order chi connectivity index (χ0) is 37.3. The third-order valence-corrected chi connectivity index (χ3v) is 11.2. The van der Waals surface area contributed by atoms with Gasteiger partial charge in [0.25, 0.3) is 0 Å². The summed E-state index contributed by atoms with van der Waals surface area (Å²) < 4.78 is 0. The minimum atomic E-state index is 0.0714. The molecule has 1 aliphatic heterocycles. The number of hydrogen-bond acceptors (Lipinski definition) is 2. The molecule has 8 aromatic rings. The van der Waals surface area contributed by atoms with E-state index in [2.05, 4.69) is 218 Å². The molecule has 2 nitrogen and oxygen atoms in total. The van der Waals surface area contributed by atoms with Crippen molar-refractivity contribution in [2.45, 2.75) is 18.4 Å². The monoisotopic (exact) mass is 716 g/mol. The van der Waals surface area contributed by atoms with Gasteiger partial charge in [-0.1, -0.05) is 176 Å². The van der Waals surface area contributed by atoms with Gasteiger partial charge >= 0.3 is 0 Å². The molecule has 1 N–H and O–H groups in total. The number of nitrogens with zero attached hydrogens (tertiary/aromatic N) is 1. The summed E-state index contributed by atoms with van der Waals surface area (Å²) in [7, 11) is 0. The molecule has 2 atom stereocenters. The number of pyridine rings is 1. The van der Waals surface area contributed by atoms with Crippen molar-refractivity contribution in [2.24, 2.45) is 0 Å². The van der Waals surface area contributed by atoms with Gasteiger partial charge in [-0.25, -0.2) is 4.98 Å². The lowest BCUT2D eigenvalue weighted by Crippen LogP contribution is -2.21. The molecule has 10 rings (SSSR count). The van der Waals surface area contributed by atoms with Crippen LogP contribution in [-0.4, -0.2) is 4.98 Å². The Labute approximate surface area is 328 Å². The quantitative estimate of drug-likeness (QED) is 0.166. The maximum atomic E-state index is 5.23. The van der Waals surface area contributed by atoms with Gasteiger partial charge in [-0.15, -0.1) is 0 Å². The van der Waals surface area contributed by atoms with Crippen LogP contribution in [0, 0.1) is 0 Å². The van der Waals surface area contributed by atoms with Crippen LogP contribution in [0.2, 0.25) is 0 Å². The molecular formula is C54H40N2. The summed E-state index contributed by atoms with van der Waals surface area (Å²) in [5, 5.41) is 7.50. The predicted octanol–water partition coefficient (Wildman–Crippen LogP) is 13.8. The number of aromatic nitrogens is 1. The highest BCUT2D eigenvalue weighted by Gasteiger charge is 2.20. The summed E-state index contributed by atoms with van der Waals surface area (Å²) >= 11 is 0.